The lowest BCUT2D eigenvalue weighted by molar-refractivity contribution is 0.0240. The van der Waals surface area contributed by atoms with Gasteiger partial charge in [-0.2, -0.15) is 4.31 Å². The van der Waals surface area contributed by atoms with Gasteiger partial charge in [0.2, 0.25) is 15.9 Å². The molecule has 1 unspecified atom stereocenters. The molecular formula is C32H35N5O6S. The summed E-state index contributed by atoms with van der Waals surface area (Å²) < 4.78 is 39.1. The maximum atomic E-state index is 13.4. The Kier molecular flexibility index (Phi) is 7.91. The molecule has 44 heavy (non-hydrogen) atoms. The number of benzene rings is 2. The van der Waals surface area contributed by atoms with E-state index in [2.05, 4.69) is 14.9 Å². The first-order chi connectivity index (χ1) is 21.0. The second-order valence-electron chi connectivity index (χ2n) is 12.0. The molecule has 1 atom stereocenters. The molecule has 6 rings (SSSR count). The highest BCUT2D eigenvalue weighted by atomic mass is 32.2. The molecule has 0 saturated carbocycles. The van der Waals surface area contributed by atoms with Gasteiger partial charge in [0.05, 0.1) is 16.8 Å². The lowest BCUT2D eigenvalue weighted by atomic mass is 10.0. The molecule has 1 fully saturated rings. The first-order valence-electron chi connectivity index (χ1n) is 14.5. The maximum absolute atomic E-state index is 13.4. The second kappa shape index (κ2) is 11.7. The summed E-state index contributed by atoms with van der Waals surface area (Å²) in [5.74, 6) is 0.422. The quantitative estimate of drug-likeness (QED) is 0.331. The van der Waals surface area contributed by atoms with Crippen molar-refractivity contribution >= 4 is 21.8 Å². The number of hydrogen-bond acceptors (Lipinski definition) is 9. The molecule has 0 bridgehead atoms. The molecule has 4 heterocycles. The molecule has 11 nitrogen and oxygen atoms in total. The number of ether oxygens (including phenoxy) is 1. The molecule has 2 aliphatic heterocycles. The van der Waals surface area contributed by atoms with Crippen molar-refractivity contribution in [1.29, 1.82) is 0 Å². The van der Waals surface area contributed by atoms with Crippen molar-refractivity contribution in [3.63, 3.8) is 0 Å². The number of anilines is 1. The zero-order chi connectivity index (χ0) is 31.1. The van der Waals surface area contributed by atoms with E-state index in [1.165, 1.54) is 16.8 Å². The Morgan fingerprint density at radius 1 is 0.977 bits per heavy atom. The first kappa shape index (κ1) is 29.8. The monoisotopic (exact) mass is 617 g/mol. The minimum atomic E-state index is -3.76. The summed E-state index contributed by atoms with van der Waals surface area (Å²) in [7, 11) is -3.76. The average Bonchev–Trinajstić information content (AvgIpc) is 3.71. The van der Waals surface area contributed by atoms with Crippen molar-refractivity contribution < 1.29 is 27.5 Å². The topological polar surface area (TPSA) is 129 Å². The van der Waals surface area contributed by atoms with E-state index in [4.69, 9.17) is 9.15 Å². The predicted molar refractivity (Wildman–Crippen MR) is 163 cm³/mol. The summed E-state index contributed by atoms with van der Waals surface area (Å²) in [5.41, 5.74) is 3.83. The van der Waals surface area contributed by atoms with Gasteiger partial charge < -0.3 is 24.1 Å². The van der Waals surface area contributed by atoms with Gasteiger partial charge in [0, 0.05) is 56.7 Å². The van der Waals surface area contributed by atoms with E-state index < -0.39 is 21.7 Å². The van der Waals surface area contributed by atoms with Crippen LogP contribution in [0.5, 0.6) is 0 Å². The molecule has 1 N–H and O–H groups in total. The number of aliphatic hydroxyl groups excluding tert-OH is 1. The molecular weight excluding hydrogens is 582 g/mol. The lowest BCUT2D eigenvalue weighted by Gasteiger charge is -2.37. The number of aromatic nitrogens is 2. The predicted octanol–water partition coefficient (Wildman–Crippen LogP) is 4.58. The summed E-state index contributed by atoms with van der Waals surface area (Å²) in [6.45, 7) is 8.31. The number of hydrogen-bond donors (Lipinski definition) is 1. The summed E-state index contributed by atoms with van der Waals surface area (Å²) in [4.78, 5) is 25.1. The van der Waals surface area contributed by atoms with Crippen molar-refractivity contribution in [2.45, 2.75) is 50.5 Å². The first-order valence-corrected chi connectivity index (χ1v) is 15.9. The van der Waals surface area contributed by atoms with E-state index >= 15 is 0 Å². The van der Waals surface area contributed by atoms with Crippen LogP contribution in [0.4, 0.5) is 10.5 Å². The summed E-state index contributed by atoms with van der Waals surface area (Å²) >= 11 is 0. The molecule has 1 amide bonds. The number of aliphatic hydroxyl groups is 1. The highest BCUT2D eigenvalue weighted by Gasteiger charge is 2.32. The minimum absolute atomic E-state index is 0.178. The minimum Gasteiger partial charge on any atom is -0.445 e. The Labute approximate surface area is 256 Å². The third-order valence-corrected chi connectivity index (χ3v) is 9.54. The molecule has 12 heteroatoms. The van der Waals surface area contributed by atoms with Gasteiger partial charge in [0.25, 0.3) is 0 Å². The lowest BCUT2D eigenvalue weighted by Crippen LogP contribution is -2.50. The molecule has 0 radical (unpaired) electrons. The Balaban J connectivity index is 1.12. The van der Waals surface area contributed by atoms with Gasteiger partial charge in [-0.1, -0.05) is 12.1 Å². The van der Waals surface area contributed by atoms with E-state index in [1.807, 2.05) is 45.0 Å². The summed E-state index contributed by atoms with van der Waals surface area (Å²) in [5, 5.41) is 11.3. The third kappa shape index (κ3) is 6.19. The second-order valence-corrected chi connectivity index (χ2v) is 13.9. The van der Waals surface area contributed by atoms with Gasteiger partial charge in [-0.25, -0.2) is 18.2 Å². The standard InChI is InChI=1S/C32H35N5O6S/c1-32(2,3)43-31(39)36-14-12-35(13-15-36)26-6-4-5-23(17-26)29(38)28-18-24-20-37(21-25(24)19-34-28)44(40,41)27-9-7-22(8-10-27)30-33-11-16-42-30/h4-11,16-19,29,38H,12-15,20-21H2,1-3H3. The number of sulfonamides is 1. The number of carbonyl (C=O) groups is 1. The van der Waals surface area contributed by atoms with Crippen molar-refractivity contribution in [2.24, 2.45) is 0 Å². The van der Waals surface area contributed by atoms with Gasteiger partial charge in [0.1, 0.15) is 18.0 Å². The van der Waals surface area contributed by atoms with Crippen LogP contribution in [-0.2, 0) is 27.8 Å². The largest absolute Gasteiger partial charge is 0.445 e. The van der Waals surface area contributed by atoms with Crippen LogP contribution in [0.2, 0.25) is 0 Å². The number of fused-ring (bicyclic) bond motifs is 1. The summed E-state index contributed by atoms with van der Waals surface area (Å²) in [6, 6.07) is 15.9. The van der Waals surface area contributed by atoms with E-state index in [0.29, 0.717) is 48.9 Å². The molecule has 0 aliphatic carbocycles. The number of rotatable bonds is 6. The van der Waals surface area contributed by atoms with Crippen LogP contribution < -0.4 is 4.90 Å². The van der Waals surface area contributed by atoms with E-state index in [0.717, 1.165) is 16.8 Å². The van der Waals surface area contributed by atoms with Gasteiger partial charge in [0.15, 0.2) is 0 Å². The third-order valence-electron chi connectivity index (χ3n) is 7.73. The van der Waals surface area contributed by atoms with Gasteiger partial charge in [-0.3, -0.25) is 4.98 Å². The number of pyridine rings is 1. The molecule has 2 aromatic heterocycles. The molecule has 230 valence electrons. The highest BCUT2D eigenvalue weighted by molar-refractivity contribution is 7.89. The maximum Gasteiger partial charge on any atom is 0.410 e. The zero-order valence-corrected chi connectivity index (χ0v) is 25.7. The van der Waals surface area contributed by atoms with Crippen LogP contribution in [0.3, 0.4) is 0 Å². The number of oxazole rings is 1. The van der Waals surface area contributed by atoms with Gasteiger partial charge in [-0.15, -0.1) is 0 Å². The normalized spacial score (nSPS) is 16.5. The van der Waals surface area contributed by atoms with Crippen LogP contribution in [0.25, 0.3) is 11.5 Å². The molecule has 2 aliphatic rings. The van der Waals surface area contributed by atoms with Crippen LogP contribution >= 0.6 is 0 Å². The van der Waals surface area contributed by atoms with E-state index in [-0.39, 0.29) is 24.1 Å². The summed E-state index contributed by atoms with van der Waals surface area (Å²) in [6.07, 6.45) is 3.35. The van der Waals surface area contributed by atoms with Crippen molar-refractivity contribution in [3.05, 3.63) is 95.6 Å². The van der Waals surface area contributed by atoms with Gasteiger partial charge >= 0.3 is 6.09 Å². The fourth-order valence-electron chi connectivity index (χ4n) is 5.41. The van der Waals surface area contributed by atoms with Crippen molar-refractivity contribution in [2.75, 3.05) is 31.1 Å². The molecule has 2 aromatic carbocycles. The van der Waals surface area contributed by atoms with Crippen LogP contribution in [0.15, 0.2) is 82.6 Å². The number of piperazine rings is 1. The van der Waals surface area contributed by atoms with Crippen LogP contribution in [0.1, 0.15) is 49.3 Å². The molecule has 1 saturated heterocycles. The molecule has 0 spiro atoms. The Bertz CT molecular complexity index is 1740. The number of nitrogens with zero attached hydrogens (tertiary/aromatic N) is 5. The fourth-order valence-corrected chi connectivity index (χ4v) is 6.81. The van der Waals surface area contributed by atoms with Crippen molar-refractivity contribution in [3.8, 4) is 11.5 Å². The smallest absolute Gasteiger partial charge is 0.410 e. The SMILES string of the molecule is CC(C)(C)OC(=O)N1CCN(c2cccc(C(O)c3cc4c(cn3)CN(S(=O)(=O)c3ccc(-c5ncco5)cc3)C4)c2)CC1. The number of carbonyl (C=O) groups excluding carboxylic acids is 1. The number of amides is 1. The van der Waals surface area contributed by atoms with Crippen LogP contribution in [0, 0.1) is 0 Å². The Hall–Kier alpha value is -4.26. The Morgan fingerprint density at radius 3 is 2.39 bits per heavy atom. The zero-order valence-electron chi connectivity index (χ0n) is 24.9. The van der Waals surface area contributed by atoms with Gasteiger partial charge in [-0.05, 0) is 79.9 Å². The van der Waals surface area contributed by atoms with Crippen molar-refractivity contribution in [1.82, 2.24) is 19.2 Å². The van der Waals surface area contributed by atoms with E-state index in [9.17, 15) is 18.3 Å². The highest BCUT2D eigenvalue weighted by Crippen LogP contribution is 2.32. The molecule has 4 aromatic rings. The van der Waals surface area contributed by atoms with Crippen LogP contribution in [-0.4, -0.2) is 70.6 Å². The fraction of sp³-hybridized carbons (Fsp3) is 0.344. The van der Waals surface area contributed by atoms with E-state index in [1.54, 1.807) is 41.4 Å². The average molecular weight is 618 g/mol. The Morgan fingerprint density at radius 2 is 1.70 bits per heavy atom.